The molecule has 0 aromatic carbocycles. The van der Waals surface area contributed by atoms with Crippen LogP contribution < -0.4 is 0 Å². The largest absolute Gasteiger partial charge is 0.514 e. The minimum atomic E-state index is -2.11. The number of rotatable bonds is 2. The van der Waals surface area contributed by atoms with E-state index in [9.17, 15) is 4.79 Å². The molecule has 6 heteroatoms. The monoisotopic (exact) mass is 316 g/mol. The number of hydrogen-bond donors (Lipinski definition) is 0. The molecule has 1 rings (SSSR count). The lowest BCUT2D eigenvalue weighted by molar-refractivity contribution is 0.0704. The van der Waals surface area contributed by atoms with Gasteiger partial charge in [0.2, 0.25) is 0 Å². The van der Waals surface area contributed by atoms with Gasteiger partial charge in [-0.25, -0.2) is 14.8 Å². The zero-order chi connectivity index (χ0) is 13.3. The maximum Gasteiger partial charge on any atom is 0.346 e. The molecule has 0 aliphatic rings. The van der Waals surface area contributed by atoms with Gasteiger partial charge < -0.3 is 4.43 Å². The molecule has 0 saturated heterocycles. The summed E-state index contributed by atoms with van der Waals surface area (Å²) in [5.41, 5.74) is 0.234. The Morgan fingerprint density at radius 1 is 1.29 bits per heavy atom. The average molecular weight is 317 g/mol. The third kappa shape index (κ3) is 3.35. The molecule has 0 bridgehead atoms. The van der Waals surface area contributed by atoms with Crippen molar-refractivity contribution in [2.45, 2.75) is 38.9 Å². The van der Waals surface area contributed by atoms with Crippen LogP contribution in [-0.4, -0.2) is 24.3 Å². The molecule has 0 spiro atoms. The zero-order valence-electron chi connectivity index (χ0n) is 10.7. The normalized spacial score (nSPS) is 12.4. The van der Waals surface area contributed by atoms with Gasteiger partial charge in [0.25, 0.3) is 8.32 Å². The Labute approximate surface area is 111 Å². The Morgan fingerprint density at radius 3 is 2.29 bits per heavy atom. The number of carbonyl (C=O) groups excluding carboxylic acids is 1. The number of nitrogens with zero attached hydrogens (tertiary/aromatic N) is 2. The molecule has 0 aliphatic carbocycles. The van der Waals surface area contributed by atoms with Crippen LogP contribution in [-0.2, 0) is 4.43 Å². The van der Waals surface area contributed by atoms with Gasteiger partial charge in [-0.3, -0.25) is 0 Å². The minimum absolute atomic E-state index is 0.0165. The average Bonchev–Trinajstić information content (AvgIpc) is 2.15. The number of carbonyl (C=O) groups is 1. The molecule has 4 nitrogen and oxygen atoms in total. The quantitative estimate of drug-likeness (QED) is 0.785. The lowest BCUT2D eigenvalue weighted by atomic mass is 10.2. The Hall–Kier alpha value is -0.753. The summed E-state index contributed by atoms with van der Waals surface area (Å²) < 4.78 is 6.06. The lowest BCUT2D eigenvalue weighted by Gasteiger charge is -2.35. The molecular formula is C11H17BrN2O2Si. The molecule has 0 aliphatic heterocycles. The first kappa shape index (κ1) is 14.3. The van der Waals surface area contributed by atoms with Gasteiger partial charge in [-0.1, -0.05) is 20.8 Å². The van der Waals surface area contributed by atoms with E-state index in [1.54, 1.807) is 0 Å². The van der Waals surface area contributed by atoms with Gasteiger partial charge in [0, 0.05) is 12.4 Å². The fourth-order valence-electron chi connectivity index (χ4n) is 0.891. The van der Waals surface area contributed by atoms with Crippen molar-refractivity contribution in [3.63, 3.8) is 0 Å². The highest BCUT2D eigenvalue weighted by atomic mass is 79.9. The van der Waals surface area contributed by atoms with Crippen LogP contribution in [0.3, 0.4) is 0 Å². The van der Waals surface area contributed by atoms with E-state index in [0.29, 0.717) is 4.60 Å². The highest BCUT2D eigenvalue weighted by molar-refractivity contribution is 9.10. The molecule has 0 saturated carbocycles. The molecule has 0 unspecified atom stereocenters. The summed E-state index contributed by atoms with van der Waals surface area (Å²) in [6.45, 7) is 10.3. The third-order valence-electron chi connectivity index (χ3n) is 3.00. The van der Waals surface area contributed by atoms with Gasteiger partial charge in [-0.2, -0.15) is 0 Å². The second-order valence-corrected chi connectivity index (χ2v) is 10.8. The van der Waals surface area contributed by atoms with E-state index < -0.39 is 14.3 Å². The lowest BCUT2D eigenvalue weighted by Crippen LogP contribution is -2.42. The maximum atomic E-state index is 12.0. The predicted molar refractivity (Wildman–Crippen MR) is 72.3 cm³/mol. The van der Waals surface area contributed by atoms with Gasteiger partial charge in [0.15, 0.2) is 5.69 Å². The molecule has 0 fully saturated rings. The van der Waals surface area contributed by atoms with Crippen molar-refractivity contribution in [3.05, 3.63) is 22.7 Å². The SMILES string of the molecule is CC(C)(C)[Si](C)(C)OC(=O)c1nccnc1Br. The van der Waals surface area contributed by atoms with Gasteiger partial charge in [-0.05, 0) is 34.1 Å². The smallest absolute Gasteiger partial charge is 0.346 e. The van der Waals surface area contributed by atoms with Crippen LogP contribution in [0.2, 0.25) is 18.1 Å². The summed E-state index contributed by atoms with van der Waals surface area (Å²) in [6, 6.07) is 0. The summed E-state index contributed by atoms with van der Waals surface area (Å²) in [4.78, 5) is 20.0. The van der Waals surface area contributed by atoms with Gasteiger partial charge in [-0.15, -0.1) is 0 Å². The minimum Gasteiger partial charge on any atom is -0.514 e. The van der Waals surface area contributed by atoms with E-state index in [1.165, 1.54) is 12.4 Å². The summed E-state index contributed by atoms with van der Waals surface area (Å²) in [5.74, 6) is -0.406. The third-order valence-corrected chi connectivity index (χ3v) is 7.89. The highest BCUT2D eigenvalue weighted by Gasteiger charge is 2.41. The van der Waals surface area contributed by atoms with Crippen molar-refractivity contribution in [1.29, 1.82) is 0 Å². The van der Waals surface area contributed by atoms with Crippen LogP contribution in [0.5, 0.6) is 0 Å². The van der Waals surface area contributed by atoms with Crippen molar-refractivity contribution < 1.29 is 9.22 Å². The zero-order valence-corrected chi connectivity index (χ0v) is 13.3. The van der Waals surface area contributed by atoms with Gasteiger partial charge >= 0.3 is 5.97 Å². The van der Waals surface area contributed by atoms with Crippen molar-refractivity contribution in [2.24, 2.45) is 0 Å². The predicted octanol–water partition coefficient (Wildman–Crippen LogP) is 3.40. The van der Waals surface area contributed by atoms with E-state index in [2.05, 4.69) is 46.7 Å². The van der Waals surface area contributed by atoms with E-state index in [4.69, 9.17) is 4.43 Å². The fraction of sp³-hybridized carbons (Fsp3) is 0.545. The van der Waals surface area contributed by atoms with E-state index >= 15 is 0 Å². The molecule has 0 N–H and O–H groups in total. The van der Waals surface area contributed by atoms with Crippen LogP contribution in [0.15, 0.2) is 17.0 Å². The van der Waals surface area contributed by atoms with Crippen LogP contribution in [0.4, 0.5) is 0 Å². The van der Waals surface area contributed by atoms with Crippen molar-refractivity contribution in [1.82, 2.24) is 9.97 Å². The molecular weight excluding hydrogens is 300 g/mol. The Kier molecular flexibility index (Phi) is 4.09. The molecule has 0 amide bonds. The van der Waals surface area contributed by atoms with Crippen LogP contribution >= 0.6 is 15.9 Å². The number of hydrogen-bond acceptors (Lipinski definition) is 4. The summed E-state index contributed by atoms with van der Waals surface area (Å²) in [5, 5.41) is -0.0165. The van der Waals surface area contributed by atoms with E-state index in [1.807, 2.05) is 13.1 Å². The summed E-state index contributed by atoms with van der Waals surface area (Å²) >= 11 is 3.20. The maximum absolute atomic E-state index is 12.0. The molecule has 1 aromatic rings. The standard InChI is InChI=1S/C11H17BrN2O2Si/c1-11(2,3)17(4,5)16-10(15)8-9(12)14-7-6-13-8/h6-7H,1-5H3. The van der Waals surface area contributed by atoms with Gasteiger partial charge in [0.05, 0.1) is 0 Å². The van der Waals surface area contributed by atoms with Crippen molar-refractivity contribution in [3.8, 4) is 0 Å². The van der Waals surface area contributed by atoms with Crippen LogP contribution in [0.1, 0.15) is 31.3 Å². The second kappa shape index (κ2) is 4.86. The highest BCUT2D eigenvalue weighted by Crippen LogP contribution is 2.37. The fourth-order valence-corrected chi connectivity index (χ4v) is 2.14. The molecule has 0 radical (unpaired) electrons. The first-order valence-corrected chi connectivity index (χ1v) is 9.05. The Bertz CT molecular complexity index is 430. The summed E-state index contributed by atoms with van der Waals surface area (Å²) in [7, 11) is -2.11. The first-order chi connectivity index (χ1) is 7.65. The first-order valence-electron chi connectivity index (χ1n) is 5.35. The summed E-state index contributed by atoms with van der Waals surface area (Å²) in [6.07, 6.45) is 3.00. The van der Waals surface area contributed by atoms with Crippen molar-refractivity contribution in [2.75, 3.05) is 0 Å². The van der Waals surface area contributed by atoms with Crippen molar-refractivity contribution >= 4 is 30.2 Å². The molecule has 17 heavy (non-hydrogen) atoms. The molecule has 94 valence electrons. The number of halogens is 1. The molecule has 0 atom stereocenters. The Balaban J connectivity index is 2.92. The second-order valence-electron chi connectivity index (χ2n) is 5.35. The van der Waals surface area contributed by atoms with Crippen LogP contribution in [0, 0.1) is 0 Å². The topological polar surface area (TPSA) is 52.1 Å². The Morgan fingerprint density at radius 2 is 1.82 bits per heavy atom. The molecule has 1 heterocycles. The number of aromatic nitrogens is 2. The van der Waals surface area contributed by atoms with Gasteiger partial charge in [0.1, 0.15) is 4.60 Å². The van der Waals surface area contributed by atoms with Crippen LogP contribution in [0.25, 0.3) is 0 Å². The van der Waals surface area contributed by atoms with E-state index in [-0.39, 0.29) is 10.7 Å². The van der Waals surface area contributed by atoms with E-state index in [0.717, 1.165) is 0 Å². The molecule has 1 aromatic heterocycles.